The van der Waals surface area contributed by atoms with E-state index in [-0.39, 0.29) is 23.5 Å². The van der Waals surface area contributed by atoms with Gasteiger partial charge in [0.1, 0.15) is 5.75 Å². The normalized spacial score (nSPS) is 28.1. The van der Waals surface area contributed by atoms with Gasteiger partial charge in [-0.15, -0.1) is 0 Å². The Balaban J connectivity index is 1.32. The van der Waals surface area contributed by atoms with Crippen LogP contribution in [0.3, 0.4) is 0 Å². The van der Waals surface area contributed by atoms with Crippen LogP contribution in [0.25, 0.3) is 10.8 Å². The van der Waals surface area contributed by atoms with Gasteiger partial charge in [0.05, 0.1) is 6.10 Å². The zero-order valence-corrected chi connectivity index (χ0v) is 22.0. The number of rotatable bonds is 6. The van der Waals surface area contributed by atoms with Gasteiger partial charge >= 0.3 is 0 Å². The van der Waals surface area contributed by atoms with E-state index in [1.165, 1.54) is 24.9 Å². The molecule has 0 bridgehead atoms. The first-order chi connectivity index (χ1) is 18.0. The summed E-state index contributed by atoms with van der Waals surface area (Å²) < 4.78 is 6.20. The minimum absolute atomic E-state index is 0.0509. The fourth-order valence-electron chi connectivity index (χ4n) is 7.12. The standard InChI is InChI=1S/C32H38N2O3/c1-33(31(36)25-13-12-23-6-3-4-7-24(23)16-25)27-18-30(37-2)29-21-34(20-22-10-11-22)15-14-32(29,19-27)26-8-5-9-28(35)17-26/h3-9,12-13,16-17,22,27,29-30,35H,10-11,14-15,18-21H2,1-2H3/t27-,29-,30?,32-/m0/s1. The first kappa shape index (κ1) is 24.4. The maximum absolute atomic E-state index is 13.8. The van der Waals surface area contributed by atoms with Crippen molar-refractivity contribution in [3.8, 4) is 5.75 Å². The molecule has 3 aromatic rings. The average molecular weight is 499 g/mol. The van der Waals surface area contributed by atoms with Crippen LogP contribution in [0.1, 0.15) is 48.0 Å². The SMILES string of the molecule is COC1C[C@H](N(C)C(=O)c2ccc3ccccc3c2)C[C@]2(c3cccc(O)c3)CCN(CC3CC3)C[C@@H]12. The number of phenols is 1. The van der Waals surface area contributed by atoms with Gasteiger partial charge in [0.2, 0.25) is 0 Å². The Morgan fingerprint density at radius 3 is 2.65 bits per heavy atom. The van der Waals surface area contributed by atoms with Crippen LogP contribution in [0.5, 0.6) is 5.75 Å². The largest absolute Gasteiger partial charge is 0.508 e. The number of likely N-dealkylation sites (tertiary alicyclic amines) is 1. The summed E-state index contributed by atoms with van der Waals surface area (Å²) in [6.45, 7) is 3.25. The second kappa shape index (κ2) is 9.77. The van der Waals surface area contributed by atoms with Crippen molar-refractivity contribution in [2.75, 3.05) is 33.8 Å². The van der Waals surface area contributed by atoms with Crippen molar-refractivity contribution in [2.24, 2.45) is 11.8 Å². The summed E-state index contributed by atoms with van der Waals surface area (Å²) in [5, 5.41) is 12.6. The number of methoxy groups -OCH3 is 1. The van der Waals surface area contributed by atoms with Crippen molar-refractivity contribution >= 4 is 16.7 Å². The van der Waals surface area contributed by atoms with Crippen LogP contribution in [-0.4, -0.2) is 66.8 Å². The lowest BCUT2D eigenvalue weighted by Gasteiger charge is -2.56. The van der Waals surface area contributed by atoms with E-state index in [9.17, 15) is 9.90 Å². The summed E-state index contributed by atoms with van der Waals surface area (Å²) in [6, 6.07) is 22.0. The van der Waals surface area contributed by atoms with Crippen LogP contribution in [0.15, 0.2) is 66.7 Å². The van der Waals surface area contributed by atoms with Crippen LogP contribution in [0.4, 0.5) is 0 Å². The molecule has 2 saturated carbocycles. The number of nitrogens with zero attached hydrogens (tertiary/aromatic N) is 2. The van der Waals surface area contributed by atoms with Gasteiger partial charge < -0.3 is 19.6 Å². The topological polar surface area (TPSA) is 53.0 Å². The van der Waals surface area contributed by atoms with Gasteiger partial charge in [0.15, 0.2) is 0 Å². The quantitative estimate of drug-likeness (QED) is 0.490. The molecule has 6 rings (SSSR count). The third kappa shape index (κ3) is 4.64. The molecule has 3 aliphatic rings. The number of carbonyl (C=O) groups is 1. The Morgan fingerprint density at radius 1 is 1.08 bits per heavy atom. The van der Waals surface area contributed by atoms with E-state index in [0.717, 1.165) is 54.6 Å². The number of fused-ring (bicyclic) bond motifs is 2. The van der Waals surface area contributed by atoms with E-state index in [1.54, 1.807) is 6.07 Å². The maximum atomic E-state index is 13.8. The van der Waals surface area contributed by atoms with E-state index in [0.29, 0.717) is 11.7 Å². The highest BCUT2D eigenvalue weighted by atomic mass is 16.5. The number of aromatic hydroxyl groups is 1. The lowest BCUT2D eigenvalue weighted by Crippen LogP contribution is -2.61. The van der Waals surface area contributed by atoms with E-state index >= 15 is 0 Å². The zero-order chi connectivity index (χ0) is 25.6. The average Bonchev–Trinajstić information content (AvgIpc) is 3.75. The van der Waals surface area contributed by atoms with Gasteiger partial charge in [-0.3, -0.25) is 4.79 Å². The molecule has 1 N–H and O–H groups in total. The summed E-state index contributed by atoms with van der Waals surface area (Å²) in [7, 11) is 3.78. The molecular formula is C32H38N2O3. The van der Waals surface area contributed by atoms with Crippen LogP contribution in [-0.2, 0) is 10.2 Å². The predicted octanol–water partition coefficient (Wildman–Crippen LogP) is 5.46. The molecule has 0 spiro atoms. The highest BCUT2D eigenvalue weighted by Gasteiger charge is 2.53. The molecule has 5 heteroatoms. The van der Waals surface area contributed by atoms with Crippen molar-refractivity contribution < 1.29 is 14.6 Å². The van der Waals surface area contributed by atoms with Gasteiger partial charge in [0.25, 0.3) is 5.91 Å². The monoisotopic (exact) mass is 498 g/mol. The number of benzene rings is 3. The second-order valence-electron chi connectivity index (χ2n) is 11.6. The second-order valence-corrected chi connectivity index (χ2v) is 11.6. The molecule has 37 heavy (non-hydrogen) atoms. The number of piperidine rings is 1. The van der Waals surface area contributed by atoms with Gasteiger partial charge in [-0.2, -0.15) is 0 Å². The van der Waals surface area contributed by atoms with Gasteiger partial charge in [-0.05, 0) is 85.2 Å². The van der Waals surface area contributed by atoms with Crippen LogP contribution in [0, 0.1) is 11.8 Å². The van der Waals surface area contributed by atoms with Crippen molar-refractivity contribution in [1.82, 2.24) is 9.80 Å². The number of amides is 1. The van der Waals surface area contributed by atoms with Crippen LogP contribution >= 0.6 is 0 Å². The summed E-state index contributed by atoms with van der Waals surface area (Å²) in [6.07, 6.45) is 5.49. The number of hydrogen-bond donors (Lipinski definition) is 1. The number of carbonyl (C=O) groups excluding carboxylic acids is 1. The molecule has 1 heterocycles. The molecule has 1 amide bonds. The first-order valence-electron chi connectivity index (χ1n) is 13.8. The Morgan fingerprint density at radius 2 is 1.89 bits per heavy atom. The summed E-state index contributed by atoms with van der Waals surface area (Å²) in [5.41, 5.74) is 1.77. The third-order valence-corrected chi connectivity index (χ3v) is 9.39. The minimum Gasteiger partial charge on any atom is -0.508 e. The van der Waals surface area contributed by atoms with E-state index in [2.05, 4.69) is 23.1 Å². The van der Waals surface area contributed by atoms with Crippen molar-refractivity contribution in [1.29, 1.82) is 0 Å². The molecule has 3 aromatic carbocycles. The molecule has 0 radical (unpaired) electrons. The molecule has 194 valence electrons. The van der Waals surface area contributed by atoms with Crippen molar-refractivity contribution in [2.45, 2.75) is 49.7 Å². The van der Waals surface area contributed by atoms with Crippen molar-refractivity contribution in [3.05, 3.63) is 77.9 Å². The third-order valence-electron chi connectivity index (χ3n) is 9.39. The zero-order valence-electron chi connectivity index (χ0n) is 22.0. The highest BCUT2D eigenvalue weighted by molar-refractivity contribution is 5.98. The Bertz CT molecular complexity index is 1290. The molecule has 0 aromatic heterocycles. The Kier molecular flexibility index (Phi) is 6.46. The smallest absolute Gasteiger partial charge is 0.253 e. The first-order valence-corrected chi connectivity index (χ1v) is 13.8. The number of phenolic OH excluding ortho intramolecular Hbond substituents is 1. The maximum Gasteiger partial charge on any atom is 0.253 e. The van der Waals surface area contributed by atoms with E-state index in [4.69, 9.17) is 4.74 Å². The molecule has 1 aliphatic heterocycles. The van der Waals surface area contributed by atoms with Crippen LogP contribution in [0.2, 0.25) is 0 Å². The molecular weight excluding hydrogens is 460 g/mol. The molecule has 3 fully saturated rings. The van der Waals surface area contributed by atoms with E-state index < -0.39 is 0 Å². The van der Waals surface area contributed by atoms with E-state index in [1.807, 2.05) is 61.5 Å². The lowest BCUT2D eigenvalue weighted by molar-refractivity contribution is -0.0794. The van der Waals surface area contributed by atoms with Crippen LogP contribution < -0.4 is 0 Å². The summed E-state index contributed by atoms with van der Waals surface area (Å²) in [4.78, 5) is 18.3. The Hall–Kier alpha value is -2.89. The molecule has 2 aliphatic carbocycles. The predicted molar refractivity (Wildman–Crippen MR) is 147 cm³/mol. The van der Waals surface area contributed by atoms with Crippen molar-refractivity contribution in [3.63, 3.8) is 0 Å². The Labute approximate surface area is 220 Å². The minimum atomic E-state index is -0.139. The summed E-state index contributed by atoms with van der Waals surface area (Å²) in [5.74, 6) is 1.55. The number of hydrogen-bond acceptors (Lipinski definition) is 4. The van der Waals surface area contributed by atoms with Gasteiger partial charge in [0, 0.05) is 50.2 Å². The summed E-state index contributed by atoms with van der Waals surface area (Å²) >= 11 is 0. The fraction of sp³-hybridized carbons (Fsp3) is 0.469. The highest BCUT2D eigenvalue weighted by Crippen LogP contribution is 2.51. The molecule has 1 saturated heterocycles. The van der Waals surface area contributed by atoms with Gasteiger partial charge in [-0.25, -0.2) is 0 Å². The molecule has 1 unspecified atom stereocenters. The number of ether oxygens (including phenoxy) is 1. The lowest BCUT2D eigenvalue weighted by atomic mass is 9.56. The fourth-order valence-corrected chi connectivity index (χ4v) is 7.12. The van der Waals surface area contributed by atoms with Gasteiger partial charge in [-0.1, -0.05) is 42.5 Å². The molecule has 4 atom stereocenters. The molecule has 5 nitrogen and oxygen atoms in total.